The number of fused-ring (bicyclic) bond motifs is 2. The summed E-state index contributed by atoms with van der Waals surface area (Å²) >= 11 is 0. The van der Waals surface area contributed by atoms with E-state index in [2.05, 4.69) is 17.4 Å². The van der Waals surface area contributed by atoms with Gasteiger partial charge in [-0.1, -0.05) is 42.5 Å². The second-order valence-electron chi connectivity index (χ2n) is 6.55. The molecule has 1 saturated carbocycles. The van der Waals surface area contributed by atoms with Crippen LogP contribution in [0.25, 0.3) is 0 Å². The number of carbonyl (C=O) groups excluding carboxylic acids is 2. The number of allylic oxidation sites excluding steroid dienone is 2. The van der Waals surface area contributed by atoms with Gasteiger partial charge in [0.25, 0.3) is 0 Å². The van der Waals surface area contributed by atoms with Crippen molar-refractivity contribution < 1.29 is 14.7 Å². The van der Waals surface area contributed by atoms with Crippen LogP contribution >= 0.6 is 0 Å². The van der Waals surface area contributed by atoms with Crippen LogP contribution in [0.4, 0.5) is 0 Å². The number of unbranched alkanes of at least 4 members (excludes halogenated alkanes) is 1. The minimum absolute atomic E-state index is 0.0289. The van der Waals surface area contributed by atoms with Crippen molar-refractivity contribution in [3.8, 4) is 0 Å². The molecular weight excluding hydrogens is 290 g/mol. The smallest absolute Gasteiger partial charge is 0.224 e. The molecule has 1 N–H and O–H groups in total. The Morgan fingerprint density at radius 1 is 1.04 bits per heavy atom. The Morgan fingerprint density at radius 3 is 2.43 bits per heavy atom. The molecule has 1 fully saturated rings. The fraction of sp³-hybridized carbons (Fsp3) is 0.474. The van der Waals surface area contributed by atoms with E-state index < -0.39 is 17.8 Å². The molecule has 0 unspecified atom stereocenters. The second-order valence-corrected chi connectivity index (χ2v) is 6.55. The Bertz CT molecular complexity index is 596. The van der Waals surface area contributed by atoms with Crippen LogP contribution in [0, 0.1) is 23.7 Å². The average molecular weight is 312 g/mol. The number of hydrogen-bond acceptors (Lipinski definition) is 3. The van der Waals surface area contributed by atoms with Crippen LogP contribution in [-0.4, -0.2) is 18.4 Å². The lowest BCUT2D eigenvalue weighted by Gasteiger charge is -2.27. The summed E-state index contributed by atoms with van der Waals surface area (Å²) in [5, 5.41) is 14.2. The van der Waals surface area contributed by atoms with Crippen molar-refractivity contribution in [2.24, 2.45) is 23.7 Å². The van der Waals surface area contributed by atoms with Gasteiger partial charge in [0.05, 0.1) is 5.92 Å². The molecule has 0 spiro atoms. The van der Waals surface area contributed by atoms with Crippen LogP contribution < -0.4 is 10.4 Å². The molecule has 0 aromatic heterocycles. The predicted octanol–water partition coefficient (Wildman–Crippen LogP) is 1.31. The van der Waals surface area contributed by atoms with E-state index in [1.165, 1.54) is 5.56 Å². The number of carboxylic acids is 1. The van der Waals surface area contributed by atoms with Crippen molar-refractivity contribution >= 4 is 11.9 Å². The van der Waals surface area contributed by atoms with Crippen molar-refractivity contribution in [2.45, 2.75) is 25.7 Å². The highest BCUT2D eigenvalue weighted by Crippen LogP contribution is 2.47. The lowest BCUT2D eigenvalue weighted by molar-refractivity contribution is -0.313. The highest BCUT2D eigenvalue weighted by Gasteiger charge is 2.48. The van der Waals surface area contributed by atoms with Crippen molar-refractivity contribution in [1.82, 2.24) is 5.32 Å². The molecule has 2 aliphatic carbocycles. The Morgan fingerprint density at radius 2 is 1.74 bits per heavy atom. The fourth-order valence-corrected chi connectivity index (χ4v) is 3.93. The van der Waals surface area contributed by atoms with E-state index in [1.807, 2.05) is 30.4 Å². The maximum atomic E-state index is 12.3. The lowest BCUT2D eigenvalue weighted by atomic mass is 9.82. The summed E-state index contributed by atoms with van der Waals surface area (Å²) in [6.45, 7) is 0.600. The SMILES string of the molecule is O=C(NCCCCc1ccccc1)[C@@H]1[C@@H](C(=O)[O-])[C@H]2C=C[C@@H]1C2. The van der Waals surface area contributed by atoms with Gasteiger partial charge in [-0.15, -0.1) is 0 Å². The molecule has 1 aromatic carbocycles. The zero-order valence-corrected chi connectivity index (χ0v) is 13.1. The molecule has 1 aromatic rings. The summed E-state index contributed by atoms with van der Waals surface area (Å²) in [6, 6.07) is 10.3. The van der Waals surface area contributed by atoms with Gasteiger partial charge in [-0.05, 0) is 43.1 Å². The number of carboxylic acid groups (broad SMARTS) is 1. The Hall–Kier alpha value is -2.10. The highest BCUT2D eigenvalue weighted by molar-refractivity contribution is 5.86. The average Bonchev–Trinajstić information content (AvgIpc) is 3.16. The first-order chi connectivity index (χ1) is 11.2. The van der Waals surface area contributed by atoms with Gasteiger partial charge in [-0.3, -0.25) is 4.79 Å². The number of aryl methyl sites for hydroxylation is 1. The largest absolute Gasteiger partial charge is 0.550 e. The number of benzene rings is 1. The molecule has 0 radical (unpaired) electrons. The Labute approximate surface area is 136 Å². The topological polar surface area (TPSA) is 69.2 Å². The summed E-state index contributed by atoms with van der Waals surface area (Å²) in [5.41, 5.74) is 1.30. The van der Waals surface area contributed by atoms with Crippen LogP contribution in [-0.2, 0) is 16.0 Å². The summed E-state index contributed by atoms with van der Waals surface area (Å²) in [7, 11) is 0. The molecule has 4 nitrogen and oxygen atoms in total. The van der Waals surface area contributed by atoms with Gasteiger partial charge in [0.2, 0.25) is 5.91 Å². The molecule has 4 heteroatoms. The van der Waals surface area contributed by atoms with Crippen molar-refractivity contribution in [1.29, 1.82) is 0 Å². The van der Waals surface area contributed by atoms with E-state index in [4.69, 9.17) is 0 Å². The van der Waals surface area contributed by atoms with E-state index in [-0.39, 0.29) is 17.7 Å². The molecule has 0 aliphatic heterocycles. The van der Waals surface area contributed by atoms with Crippen molar-refractivity contribution in [3.05, 3.63) is 48.0 Å². The van der Waals surface area contributed by atoms with Crippen LogP contribution in [0.15, 0.2) is 42.5 Å². The predicted molar refractivity (Wildman–Crippen MR) is 85.1 cm³/mol. The third-order valence-electron chi connectivity index (χ3n) is 5.07. The molecule has 2 aliphatic rings. The van der Waals surface area contributed by atoms with Gasteiger partial charge in [-0.25, -0.2) is 0 Å². The van der Waals surface area contributed by atoms with E-state index >= 15 is 0 Å². The van der Waals surface area contributed by atoms with E-state index in [0.717, 1.165) is 25.7 Å². The number of carbonyl (C=O) groups is 2. The molecule has 23 heavy (non-hydrogen) atoms. The Kier molecular flexibility index (Phi) is 4.79. The number of aliphatic carboxylic acids is 1. The summed E-state index contributed by atoms with van der Waals surface area (Å²) in [6.07, 6.45) is 7.58. The van der Waals surface area contributed by atoms with E-state index in [0.29, 0.717) is 6.54 Å². The van der Waals surface area contributed by atoms with Crippen LogP contribution in [0.3, 0.4) is 0 Å². The number of hydrogen-bond donors (Lipinski definition) is 1. The summed E-state index contributed by atoms with van der Waals surface area (Å²) < 4.78 is 0. The van der Waals surface area contributed by atoms with Gasteiger partial charge >= 0.3 is 0 Å². The van der Waals surface area contributed by atoms with Gasteiger partial charge in [-0.2, -0.15) is 0 Å². The van der Waals surface area contributed by atoms with Gasteiger partial charge in [0.1, 0.15) is 0 Å². The van der Waals surface area contributed by atoms with Gasteiger partial charge in [0, 0.05) is 18.4 Å². The minimum Gasteiger partial charge on any atom is -0.550 e. The first-order valence-electron chi connectivity index (χ1n) is 8.37. The molecule has 122 valence electrons. The van der Waals surface area contributed by atoms with Crippen LogP contribution in [0.1, 0.15) is 24.8 Å². The molecule has 0 heterocycles. The molecular formula is C19H22NO3-. The third kappa shape index (κ3) is 3.46. The fourth-order valence-electron chi connectivity index (χ4n) is 3.93. The van der Waals surface area contributed by atoms with E-state index in [1.54, 1.807) is 0 Å². The molecule has 4 atom stereocenters. The highest BCUT2D eigenvalue weighted by atomic mass is 16.4. The molecule has 0 saturated heterocycles. The molecule has 1 amide bonds. The lowest BCUT2D eigenvalue weighted by Crippen LogP contribution is -2.45. The minimum atomic E-state index is -1.09. The first-order valence-corrected chi connectivity index (χ1v) is 8.37. The standard InChI is InChI=1S/C19H23NO3/c21-18(16-14-9-10-15(12-14)17(16)19(22)23)20-11-5-4-8-13-6-2-1-3-7-13/h1-3,6-7,9-10,14-17H,4-5,8,11-12H2,(H,20,21)(H,22,23)/p-1/t14-,15+,16+,17+/m1/s1. The van der Waals surface area contributed by atoms with Crippen molar-refractivity contribution in [3.63, 3.8) is 0 Å². The quantitative estimate of drug-likeness (QED) is 0.610. The van der Waals surface area contributed by atoms with Crippen LogP contribution in [0.2, 0.25) is 0 Å². The van der Waals surface area contributed by atoms with Gasteiger partial charge in [0.15, 0.2) is 0 Å². The second kappa shape index (κ2) is 6.99. The molecule has 2 bridgehead atoms. The van der Waals surface area contributed by atoms with Gasteiger partial charge < -0.3 is 15.2 Å². The zero-order valence-electron chi connectivity index (χ0n) is 13.1. The monoisotopic (exact) mass is 312 g/mol. The van der Waals surface area contributed by atoms with Crippen molar-refractivity contribution in [2.75, 3.05) is 6.54 Å². The summed E-state index contributed by atoms with van der Waals surface area (Å²) in [5.74, 6) is -2.30. The maximum Gasteiger partial charge on any atom is 0.224 e. The summed E-state index contributed by atoms with van der Waals surface area (Å²) in [4.78, 5) is 23.7. The normalized spacial score (nSPS) is 28.0. The van der Waals surface area contributed by atoms with Crippen LogP contribution in [0.5, 0.6) is 0 Å². The first kappa shape index (κ1) is 15.8. The third-order valence-corrected chi connectivity index (χ3v) is 5.07. The number of amides is 1. The zero-order chi connectivity index (χ0) is 16.2. The molecule has 3 rings (SSSR count). The number of nitrogens with one attached hydrogen (secondary N) is 1. The Balaban J connectivity index is 1.43. The van der Waals surface area contributed by atoms with E-state index in [9.17, 15) is 14.7 Å². The number of rotatable bonds is 7. The maximum absolute atomic E-state index is 12.3.